The van der Waals surface area contributed by atoms with Gasteiger partial charge in [0.1, 0.15) is 16.6 Å². The van der Waals surface area contributed by atoms with Crippen molar-refractivity contribution in [2.24, 2.45) is 0 Å². The number of nitrogens with one attached hydrogen (secondary N) is 1. The Morgan fingerprint density at radius 3 is 2.68 bits per heavy atom. The maximum atomic E-state index is 12.5. The van der Waals surface area contributed by atoms with Gasteiger partial charge in [0, 0.05) is 12.1 Å². The van der Waals surface area contributed by atoms with Gasteiger partial charge in [0.2, 0.25) is 5.91 Å². The summed E-state index contributed by atoms with van der Waals surface area (Å²) in [6, 6.07) is 12.5. The number of phenolic OH excluding ortho intramolecular Hbond substituents is 1. The molecule has 8 nitrogen and oxygen atoms in total. The Hall–Kier alpha value is -3.24. The second kappa shape index (κ2) is 8.19. The van der Waals surface area contributed by atoms with Crippen LogP contribution < -0.4 is 5.32 Å². The molecule has 0 atom stereocenters. The van der Waals surface area contributed by atoms with Crippen LogP contribution in [0.2, 0.25) is 0 Å². The molecule has 0 aliphatic carbocycles. The minimum absolute atomic E-state index is 0.121. The number of nitro benzene ring substituents is 1. The van der Waals surface area contributed by atoms with Crippen LogP contribution in [0.3, 0.4) is 0 Å². The van der Waals surface area contributed by atoms with Crippen molar-refractivity contribution in [3.63, 3.8) is 0 Å². The van der Waals surface area contributed by atoms with Crippen LogP contribution >= 0.6 is 24.0 Å². The monoisotopic (exact) mass is 415 g/mol. The van der Waals surface area contributed by atoms with Crippen molar-refractivity contribution in [3.05, 3.63) is 69.1 Å². The van der Waals surface area contributed by atoms with E-state index in [0.29, 0.717) is 4.91 Å². The van der Waals surface area contributed by atoms with Gasteiger partial charge < -0.3 is 10.4 Å². The average Bonchev–Trinajstić information content (AvgIpc) is 2.91. The lowest BCUT2D eigenvalue weighted by Gasteiger charge is -2.14. The number of amides is 2. The van der Waals surface area contributed by atoms with Crippen LogP contribution in [0.15, 0.2) is 53.4 Å². The van der Waals surface area contributed by atoms with Gasteiger partial charge in [-0.1, -0.05) is 54.3 Å². The Labute approximate surface area is 169 Å². The first-order valence-corrected chi connectivity index (χ1v) is 9.15. The second-order valence-corrected chi connectivity index (χ2v) is 7.36. The van der Waals surface area contributed by atoms with E-state index in [4.69, 9.17) is 12.2 Å². The zero-order valence-electron chi connectivity index (χ0n) is 14.2. The Morgan fingerprint density at radius 1 is 1.29 bits per heavy atom. The number of non-ortho nitro benzene ring substituents is 1. The lowest BCUT2D eigenvalue weighted by molar-refractivity contribution is -0.384. The third-order valence-electron chi connectivity index (χ3n) is 3.74. The van der Waals surface area contributed by atoms with Gasteiger partial charge in [-0.25, -0.2) is 0 Å². The quantitative estimate of drug-likeness (QED) is 0.254. The number of thioether (sulfide) groups is 1. The van der Waals surface area contributed by atoms with Gasteiger partial charge in [-0.05, 0) is 17.7 Å². The van der Waals surface area contributed by atoms with E-state index in [1.54, 1.807) is 6.08 Å². The highest BCUT2D eigenvalue weighted by Crippen LogP contribution is 2.33. The molecule has 0 saturated carbocycles. The minimum Gasteiger partial charge on any atom is -0.506 e. The number of anilines is 1. The highest BCUT2D eigenvalue weighted by molar-refractivity contribution is 8.26. The number of phenols is 1. The summed E-state index contributed by atoms with van der Waals surface area (Å²) < 4.78 is 0.227. The lowest BCUT2D eigenvalue weighted by Crippen LogP contribution is -2.36. The van der Waals surface area contributed by atoms with E-state index in [9.17, 15) is 24.8 Å². The van der Waals surface area contributed by atoms with Crippen molar-refractivity contribution < 1.29 is 19.6 Å². The fourth-order valence-corrected chi connectivity index (χ4v) is 3.66. The molecule has 28 heavy (non-hydrogen) atoms. The summed E-state index contributed by atoms with van der Waals surface area (Å²) in [6.07, 6.45) is 1.68. The number of nitrogens with zero attached hydrogens (tertiary/aromatic N) is 2. The summed E-state index contributed by atoms with van der Waals surface area (Å²) in [7, 11) is 0. The molecule has 1 aliphatic rings. The maximum absolute atomic E-state index is 12.5. The number of hydrogen-bond donors (Lipinski definition) is 2. The predicted octanol–water partition coefficient (Wildman–Crippen LogP) is 3.14. The number of thiocarbonyl (C=S) groups is 1. The van der Waals surface area contributed by atoms with Gasteiger partial charge in [-0.3, -0.25) is 24.6 Å². The van der Waals surface area contributed by atoms with E-state index in [2.05, 4.69) is 5.32 Å². The molecule has 1 heterocycles. The van der Waals surface area contributed by atoms with Gasteiger partial charge in [0.05, 0.1) is 15.5 Å². The molecular formula is C18H13N3O5S2. The lowest BCUT2D eigenvalue weighted by atomic mass is 10.2. The fraction of sp³-hybridized carbons (Fsp3) is 0.0556. The molecule has 3 rings (SSSR count). The largest absolute Gasteiger partial charge is 0.506 e. The normalized spacial score (nSPS) is 15.1. The van der Waals surface area contributed by atoms with Crippen LogP contribution in [0.25, 0.3) is 6.08 Å². The molecule has 2 aromatic carbocycles. The van der Waals surface area contributed by atoms with Gasteiger partial charge in [-0.2, -0.15) is 0 Å². The third kappa shape index (κ3) is 4.35. The molecule has 0 aromatic heterocycles. The number of nitro groups is 1. The summed E-state index contributed by atoms with van der Waals surface area (Å²) >= 11 is 6.27. The van der Waals surface area contributed by atoms with Crippen molar-refractivity contribution >= 4 is 57.6 Å². The van der Waals surface area contributed by atoms with Crippen LogP contribution in [0.4, 0.5) is 11.4 Å². The topological polar surface area (TPSA) is 113 Å². The Kier molecular flexibility index (Phi) is 5.71. The molecule has 1 saturated heterocycles. The van der Waals surface area contributed by atoms with Gasteiger partial charge in [0.25, 0.3) is 11.6 Å². The number of carbonyl (C=O) groups excluding carboxylic acids is 2. The number of aromatic hydroxyl groups is 1. The predicted molar refractivity (Wildman–Crippen MR) is 110 cm³/mol. The number of hydrogen-bond acceptors (Lipinski definition) is 7. The van der Waals surface area contributed by atoms with E-state index in [1.165, 1.54) is 0 Å². The molecular weight excluding hydrogens is 402 g/mol. The van der Waals surface area contributed by atoms with Crippen molar-refractivity contribution in [2.45, 2.75) is 0 Å². The Morgan fingerprint density at radius 2 is 2.00 bits per heavy atom. The first-order valence-electron chi connectivity index (χ1n) is 7.93. The summed E-state index contributed by atoms with van der Waals surface area (Å²) in [5, 5.41) is 23.0. The van der Waals surface area contributed by atoms with Crippen molar-refractivity contribution in [3.8, 4) is 5.75 Å². The molecule has 2 N–H and O–H groups in total. The average molecular weight is 415 g/mol. The van der Waals surface area contributed by atoms with Crippen molar-refractivity contribution in [1.82, 2.24) is 4.90 Å². The zero-order valence-corrected chi connectivity index (χ0v) is 15.8. The fourth-order valence-electron chi connectivity index (χ4n) is 2.41. The molecule has 0 spiro atoms. The summed E-state index contributed by atoms with van der Waals surface area (Å²) in [4.78, 5) is 36.5. The molecule has 0 bridgehead atoms. The number of carbonyl (C=O) groups is 2. The van der Waals surface area contributed by atoms with E-state index < -0.39 is 16.7 Å². The number of rotatable bonds is 5. The van der Waals surface area contributed by atoms with Crippen molar-refractivity contribution in [1.29, 1.82) is 0 Å². The van der Waals surface area contributed by atoms with E-state index in [1.807, 2.05) is 30.3 Å². The molecule has 142 valence electrons. The van der Waals surface area contributed by atoms with Crippen LogP contribution in [-0.2, 0) is 9.59 Å². The SMILES string of the molecule is O=C(CN1C(=O)C(=Cc2ccccc2)SC1=S)Nc1cc([N+](=O)[O-])ccc1O. The molecule has 0 unspecified atom stereocenters. The summed E-state index contributed by atoms with van der Waals surface area (Å²) in [6.45, 7) is -0.376. The summed E-state index contributed by atoms with van der Waals surface area (Å²) in [5.74, 6) is -1.38. The first kappa shape index (κ1) is 19.5. The minimum atomic E-state index is -0.647. The van der Waals surface area contributed by atoms with Crippen LogP contribution in [0, 0.1) is 10.1 Å². The molecule has 2 amide bonds. The number of benzene rings is 2. The second-order valence-electron chi connectivity index (χ2n) is 5.69. The van der Waals surface area contributed by atoms with Gasteiger partial charge >= 0.3 is 0 Å². The third-order valence-corrected chi connectivity index (χ3v) is 5.12. The van der Waals surface area contributed by atoms with Crippen LogP contribution in [0.1, 0.15) is 5.56 Å². The highest BCUT2D eigenvalue weighted by atomic mass is 32.2. The van der Waals surface area contributed by atoms with Crippen LogP contribution in [-0.4, -0.2) is 37.6 Å². The van der Waals surface area contributed by atoms with E-state index in [-0.39, 0.29) is 28.0 Å². The Balaban J connectivity index is 1.72. The molecule has 0 radical (unpaired) electrons. The van der Waals surface area contributed by atoms with Gasteiger partial charge in [0.15, 0.2) is 0 Å². The standard InChI is InChI=1S/C18H13N3O5S2/c22-14-7-6-12(21(25)26)9-13(14)19-16(23)10-20-17(24)15(28-18(20)27)8-11-4-2-1-3-5-11/h1-9,22H,10H2,(H,19,23). The van der Waals surface area contributed by atoms with Crippen LogP contribution in [0.5, 0.6) is 5.75 Å². The zero-order chi connectivity index (χ0) is 20.3. The summed E-state index contributed by atoms with van der Waals surface area (Å²) in [5.41, 5.74) is 0.419. The molecule has 10 heteroatoms. The highest BCUT2D eigenvalue weighted by Gasteiger charge is 2.33. The maximum Gasteiger partial charge on any atom is 0.271 e. The molecule has 2 aromatic rings. The Bertz CT molecular complexity index is 1010. The van der Waals surface area contributed by atoms with Gasteiger partial charge in [-0.15, -0.1) is 0 Å². The molecule has 1 fully saturated rings. The first-order chi connectivity index (χ1) is 13.3. The van der Waals surface area contributed by atoms with Crippen molar-refractivity contribution in [2.75, 3.05) is 11.9 Å². The van der Waals surface area contributed by atoms with E-state index >= 15 is 0 Å². The smallest absolute Gasteiger partial charge is 0.271 e. The molecule has 1 aliphatic heterocycles. The van der Waals surface area contributed by atoms with E-state index in [0.717, 1.165) is 40.4 Å².